The second-order valence-corrected chi connectivity index (χ2v) is 4.31. The van der Waals surface area contributed by atoms with Gasteiger partial charge in [-0.1, -0.05) is 27.2 Å². The number of hydrogen-bond donors (Lipinski definition) is 1. The van der Waals surface area contributed by atoms with E-state index in [1.54, 1.807) is 11.8 Å². The van der Waals surface area contributed by atoms with Gasteiger partial charge in [-0.05, 0) is 6.42 Å². The molecule has 0 aliphatic rings. The largest absolute Gasteiger partial charge is 0.354 e. The third kappa shape index (κ3) is 6.43. The number of amides is 2. The van der Waals surface area contributed by atoms with Crippen molar-refractivity contribution in [1.29, 1.82) is 0 Å². The van der Waals surface area contributed by atoms with Crippen molar-refractivity contribution in [3.63, 3.8) is 0 Å². The van der Waals surface area contributed by atoms with Gasteiger partial charge in [0.25, 0.3) is 0 Å². The summed E-state index contributed by atoms with van der Waals surface area (Å²) in [6, 6.07) is 0. The number of nitrogens with one attached hydrogen (secondary N) is 1. The molecule has 4 heteroatoms. The van der Waals surface area contributed by atoms with Gasteiger partial charge in [0.05, 0.1) is 0 Å². The van der Waals surface area contributed by atoms with Crippen LogP contribution in [0.25, 0.3) is 0 Å². The lowest BCUT2D eigenvalue weighted by molar-refractivity contribution is -0.130. The minimum atomic E-state index is 0.00131. The topological polar surface area (TPSA) is 49.4 Å². The summed E-state index contributed by atoms with van der Waals surface area (Å²) in [4.78, 5) is 24.3. The molecule has 0 fully saturated rings. The predicted molar refractivity (Wildman–Crippen MR) is 65.0 cm³/mol. The highest BCUT2D eigenvalue weighted by Crippen LogP contribution is 1.96. The quantitative estimate of drug-likeness (QED) is 0.716. The second-order valence-electron chi connectivity index (χ2n) is 4.31. The molecule has 0 spiro atoms. The van der Waals surface area contributed by atoms with Crippen LogP contribution >= 0.6 is 0 Å². The number of carbonyl (C=O) groups is 2. The van der Waals surface area contributed by atoms with E-state index in [2.05, 4.69) is 12.2 Å². The Morgan fingerprint density at radius 3 is 2.31 bits per heavy atom. The number of unbranched alkanes of at least 4 members (excludes halogenated alkanes) is 1. The minimum absolute atomic E-state index is 0.00131. The molecule has 2 amide bonds. The maximum absolute atomic E-state index is 11.3. The predicted octanol–water partition coefficient (Wildman–Crippen LogP) is 1.41. The Balaban J connectivity index is 3.84. The Morgan fingerprint density at radius 2 is 1.88 bits per heavy atom. The summed E-state index contributed by atoms with van der Waals surface area (Å²) in [5.41, 5.74) is 0. The molecule has 0 atom stereocenters. The van der Waals surface area contributed by atoms with E-state index < -0.39 is 0 Å². The van der Waals surface area contributed by atoms with Crippen LogP contribution in [-0.4, -0.2) is 36.3 Å². The molecule has 0 radical (unpaired) electrons. The molecule has 0 saturated carbocycles. The summed E-state index contributed by atoms with van der Waals surface area (Å²) in [6.45, 7) is 9.31. The van der Waals surface area contributed by atoms with E-state index in [9.17, 15) is 9.59 Å². The van der Waals surface area contributed by atoms with Gasteiger partial charge in [-0.15, -0.1) is 0 Å². The van der Waals surface area contributed by atoms with Crippen molar-refractivity contribution in [2.24, 2.45) is 5.92 Å². The smallest absolute Gasteiger partial charge is 0.222 e. The number of rotatable bonds is 7. The fourth-order valence-corrected chi connectivity index (χ4v) is 1.29. The second kappa shape index (κ2) is 8.13. The molecule has 0 aliphatic carbocycles. The summed E-state index contributed by atoms with van der Waals surface area (Å²) < 4.78 is 0. The van der Waals surface area contributed by atoms with Gasteiger partial charge in [-0.3, -0.25) is 9.59 Å². The Kier molecular flexibility index (Phi) is 7.60. The zero-order valence-electron chi connectivity index (χ0n) is 10.9. The monoisotopic (exact) mass is 228 g/mol. The maximum Gasteiger partial charge on any atom is 0.222 e. The zero-order chi connectivity index (χ0) is 12.6. The molecular formula is C12H24N2O2. The van der Waals surface area contributed by atoms with Crippen molar-refractivity contribution >= 4 is 11.8 Å². The van der Waals surface area contributed by atoms with Gasteiger partial charge in [-0.2, -0.15) is 0 Å². The van der Waals surface area contributed by atoms with Crippen molar-refractivity contribution in [2.45, 2.75) is 40.5 Å². The van der Waals surface area contributed by atoms with E-state index in [0.29, 0.717) is 13.1 Å². The van der Waals surface area contributed by atoms with E-state index in [1.165, 1.54) is 0 Å². The van der Waals surface area contributed by atoms with Gasteiger partial charge < -0.3 is 10.2 Å². The van der Waals surface area contributed by atoms with Crippen LogP contribution in [0.1, 0.15) is 40.5 Å². The lowest BCUT2D eigenvalue weighted by Crippen LogP contribution is -2.39. The molecule has 0 unspecified atom stereocenters. The Morgan fingerprint density at radius 1 is 1.25 bits per heavy atom. The van der Waals surface area contributed by atoms with Gasteiger partial charge in [0.15, 0.2) is 0 Å². The van der Waals surface area contributed by atoms with Crippen molar-refractivity contribution in [1.82, 2.24) is 10.2 Å². The molecule has 0 saturated heterocycles. The minimum Gasteiger partial charge on any atom is -0.354 e. The number of nitrogens with zero attached hydrogens (tertiary/aromatic N) is 1. The molecule has 0 aromatic rings. The third-order valence-corrected chi connectivity index (χ3v) is 2.43. The highest BCUT2D eigenvalue weighted by molar-refractivity contribution is 5.78. The van der Waals surface area contributed by atoms with Crippen LogP contribution in [-0.2, 0) is 9.59 Å². The Bertz CT molecular complexity index is 227. The van der Waals surface area contributed by atoms with Crippen molar-refractivity contribution < 1.29 is 9.59 Å². The molecule has 0 aromatic carbocycles. The van der Waals surface area contributed by atoms with E-state index >= 15 is 0 Å². The molecule has 0 rings (SSSR count). The average molecular weight is 228 g/mol. The lowest BCUT2D eigenvalue weighted by Gasteiger charge is -2.21. The van der Waals surface area contributed by atoms with Crippen LogP contribution in [0.3, 0.4) is 0 Å². The molecule has 0 heterocycles. The van der Waals surface area contributed by atoms with E-state index in [0.717, 1.165) is 19.4 Å². The van der Waals surface area contributed by atoms with Gasteiger partial charge in [0.2, 0.25) is 11.8 Å². The fraction of sp³-hybridized carbons (Fsp3) is 0.833. The molecule has 0 aromatic heterocycles. The molecular weight excluding hydrogens is 204 g/mol. The van der Waals surface area contributed by atoms with Crippen molar-refractivity contribution in [3.8, 4) is 0 Å². The normalized spacial score (nSPS) is 10.3. The van der Waals surface area contributed by atoms with Crippen LogP contribution in [0.15, 0.2) is 0 Å². The first kappa shape index (κ1) is 14.9. The van der Waals surface area contributed by atoms with Gasteiger partial charge in [0.1, 0.15) is 0 Å². The van der Waals surface area contributed by atoms with Gasteiger partial charge >= 0.3 is 0 Å². The zero-order valence-corrected chi connectivity index (χ0v) is 10.9. The summed E-state index contributed by atoms with van der Waals surface area (Å²) in [6.07, 6.45) is 2.08. The first-order chi connectivity index (χ1) is 7.49. The van der Waals surface area contributed by atoms with E-state index in [-0.39, 0.29) is 17.7 Å². The Labute approximate surface area is 98.4 Å². The van der Waals surface area contributed by atoms with Gasteiger partial charge in [-0.25, -0.2) is 0 Å². The van der Waals surface area contributed by atoms with E-state index in [1.807, 2.05) is 13.8 Å². The molecule has 16 heavy (non-hydrogen) atoms. The van der Waals surface area contributed by atoms with Crippen LogP contribution in [0.5, 0.6) is 0 Å². The summed E-state index contributed by atoms with van der Waals surface area (Å²) >= 11 is 0. The SMILES string of the molecule is CCCCN(CCNC(=O)C(C)C)C(C)=O. The molecule has 0 bridgehead atoms. The van der Waals surface area contributed by atoms with E-state index in [4.69, 9.17) is 0 Å². The van der Waals surface area contributed by atoms with Gasteiger partial charge in [0, 0.05) is 32.5 Å². The van der Waals surface area contributed by atoms with Crippen LogP contribution in [0.2, 0.25) is 0 Å². The van der Waals surface area contributed by atoms with Crippen LogP contribution < -0.4 is 5.32 Å². The fourth-order valence-electron chi connectivity index (χ4n) is 1.29. The highest BCUT2D eigenvalue weighted by Gasteiger charge is 2.09. The van der Waals surface area contributed by atoms with Crippen molar-refractivity contribution in [2.75, 3.05) is 19.6 Å². The molecule has 0 aliphatic heterocycles. The molecule has 1 N–H and O–H groups in total. The first-order valence-corrected chi connectivity index (χ1v) is 6.02. The summed E-state index contributed by atoms with van der Waals surface area (Å²) in [5.74, 6) is 0.118. The number of carbonyl (C=O) groups excluding carboxylic acids is 2. The lowest BCUT2D eigenvalue weighted by atomic mass is 10.2. The highest BCUT2D eigenvalue weighted by atomic mass is 16.2. The average Bonchev–Trinajstić information content (AvgIpc) is 2.21. The molecule has 4 nitrogen and oxygen atoms in total. The Hall–Kier alpha value is -1.06. The standard InChI is InChI=1S/C12H24N2O2/c1-5-6-8-14(11(4)15)9-7-13-12(16)10(2)3/h10H,5-9H2,1-4H3,(H,13,16). The molecule has 94 valence electrons. The first-order valence-electron chi connectivity index (χ1n) is 6.02. The van der Waals surface area contributed by atoms with Crippen molar-refractivity contribution in [3.05, 3.63) is 0 Å². The number of hydrogen-bond acceptors (Lipinski definition) is 2. The third-order valence-electron chi connectivity index (χ3n) is 2.43. The van der Waals surface area contributed by atoms with Crippen LogP contribution in [0, 0.1) is 5.92 Å². The summed E-state index contributed by atoms with van der Waals surface area (Å²) in [7, 11) is 0. The van der Waals surface area contributed by atoms with Crippen LogP contribution in [0.4, 0.5) is 0 Å². The maximum atomic E-state index is 11.3. The summed E-state index contributed by atoms with van der Waals surface area (Å²) in [5, 5.41) is 2.81.